The van der Waals surface area contributed by atoms with E-state index in [1.807, 2.05) is 24.3 Å². The number of rotatable bonds is 3. The summed E-state index contributed by atoms with van der Waals surface area (Å²) in [6, 6.07) is 18.3. The molecule has 2 rings (SSSR count). The van der Waals surface area contributed by atoms with Gasteiger partial charge in [0.1, 0.15) is 0 Å². The van der Waals surface area contributed by atoms with Crippen LogP contribution in [0.3, 0.4) is 0 Å². The standard InChI is InChI=1S/C8H7O.C6H5.Bi.BrH/c1-7(9)8-5-3-2-4-6-8;1-2-4-6-5-3-1;;/h2-5H,1H3;1-5H;;1H/q;;+1;/p-1. The summed E-state index contributed by atoms with van der Waals surface area (Å²) in [6.07, 6.45) is 0. The van der Waals surface area contributed by atoms with E-state index in [2.05, 4.69) is 42.6 Å². The molecule has 0 fully saturated rings. The Balaban J connectivity index is 2.44. The van der Waals surface area contributed by atoms with E-state index in [1.54, 1.807) is 6.92 Å². The van der Waals surface area contributed by atoms with E-state index in [0.29, 0.717) is 0 Å². The Bertz CT molecular complexity index is 525. The van der Waals surface area contributed by atoms with Crippen LogP contribution in [0.4, 0.5) is 0 Å². The molecule has 2 aromatic rings. The van der Waals surface area contributed by atoms with Crippen molar-refractivity contribution in [2.75, 3.05) is 0 Å². The summed E-state index contributed by atoms with van der Waals surface area (Å²) in [4.78, 5) is 11.6. The van der Waals surface area contributed by atoms with Crippen molar-refractivity contribution in [3.8, 4) is 0 Å². The van der Waals surface area contributed by atoms with Gasteiger partial charge in [-0.1, -0.05) is 0 Å². The number of hydrogen-bond acceptors (Lipinski definition) is 1. The summed E-state index contributed by atoms with van der Waals surface area (Å²) in [7, 11) is 0. The molecule has 0 saturated carbocycles. The monoisotopic (exact) mass is 484 g/mol. The van der Waals surface area contributed by atoms with Crippen LogP contribution >= 0.6 is 12.2 Å². The maximum absolute atomic E-state index is 11.6. The van der Waals surface area contributed by atoms with Gasteiger partial charge in [0.2, 0.25) is 0 Å². The van der Waals surface area contributed by atoms with Gasteiger partial charge in [-0.3, -0.25) is 0 Å². The van der Waals surface area contributed by atoms with E-state index in [0.717, 1.165) is 5.56 Å². The molecule has 1 nitrogen and oxygen atoms in total. The fraction of sp³-hybridized carbons (Fsp3) is 0.0714. The summed E-state index contributed by atoms with van der Waals surface area (Å²) in [5.74, 6) is 0.149. The second-order valence-electron chi connectivity index (χ2n) is 3.69. The summed E-state index contributed by atoms with van der Waals surface area (Å²) in [5, 5.41) is 0. The van der Waals surface area contributed by atoms with Crippen molar-refractivity contribution in [3.05, 3.63) is 60.2 Å². The summed E-state index contributed by atoms with van der Waals surface area (Å²) >= 11 is 1.75. The molecule has 0 heterocycles. The topological polar surface area (TPSA) is 17.1 Å². The van der Waals surface area contributed by atoms with Gasteiger partial charge in [-0.25, -0.2) is 0 Å². The number of benzene rings is 2. The van der Waals surface area contributed by atoms with Crippen LogP contribution < -0.4 is 6.54 Å². The fourth-order valence-corrected chi connectivity index (χ4v) is 11.8. The Morgan fingerprint density at radius 3 is 2.24 bits per heavy atom. The van der Waals surface area contributed by atoms with Crippen molar-refractivity contribution < 1.29 is 4.79 Å². The number of hydrogen-bond donors (Lipinski definition) is 0. The molecule has 0 saturated heterocycles. The van der Waals surface area contributed by atoms with Crippen LogP contribution in [0, 0.1) is 0 Å². The second kappa shape index (κ2) is 5.88. The van der Waals surface area contributed by atoms with Gasteiger partial charge in [0.05, 0.1) is 0 Å². The third-order valence-electron chi connectivity index (χ3n) is 2.48. The van der Waals surface area contributed by atoms with E-state index in [1.165, 1.54) is 6.54 Å². The molecule has 0 unspecified atom stereocenters. The number of Topliss-reactive ketones (excluding diaryl/α,β-unsaturated/α-hetero) is 1. The first kappa shape index (κ1) is 12.9. The minimum absolute atomic E-state index is 0.149. The molecule has 0 radical (unpaired) electrons. The molecule has 0 amide bonds. The van der Waals surface area contributed by atoms with E-state index >= 15 is 0 Å². The molecule has 3 heteroatoms. The maximum atomic E-state index is 11.6. The van der Waals surface area contributed by atoms with Crippen molar-refractivity contribution in [1.29, 1.82) is 0 Å². The van der Waals surface area contributed by atoms with Crippen molar-refractivity contribution >= 4 is 43.9 Å². The number of carbonyl (C=O) groups is 1. The number of ketones is 1. The fourth-order valence-electron chi connectivity index (χ4n) is 1.64. The zero-order valence-electron chi connectivity index (χ0n) is 9.43. The molecule has 0 aromatic heterocycles. The predicted molar refractivity (Wildman–Crippen MR) is 76.8 cm³/mol. The Hall–Kier alpha value is -0.527. The van der Waals surface area contributed by atoms with Crippen molar-refractivity contribution in [3.63, 3.8) is 0 Å². The molecule has 0 aliphatic rings. The van der Waals surface area contributed by atoms with Gasteiger partial charge in [0, 0.05) is 0 Å². The number of halogens is 1. The van der Waals surface area contributed by atoms with Crippen LogP contribution in [-0.4, -0.2) is 25.2 Å². The van der Waals surface area contributed by atoms with E-state index in [4.69, 9.17) is 0 Å². The molecular formula is C14H12BiBrO. The third kappa shape index (κ3) is 3.02. The normalized spacial score (nSPS) is 10.5. The zero-order valence-corrected chi connectivity index (χ0v) is 14.5. The Kier molecular flexibility index (Phi) is 4.47. The van der Waals surface area contributed by atoms with Gasteiger partial charge >= 0.3 is 116 Å². The molecule has 2 aromatic carbocycles. The van der Waals surface area contributed by atoms with Crippen LogP contribution in [0.2, 0.25) is 0 Å². The van der Waals surface area contributed by atoms with Crippen LogP contribution in [0.1, 0.15) is 17.3 Å². The van der Waals surface area contributed by atoms with Gasteiger partial charge in [0.25, 0.3) is 0 Å². The van der Waals surface area contributed by atoms with Crippen molar-refractivity contribution in [2.45, 2.75) is 6.92 Å². The summed E-state index contributed by atoms with van der Waals surface area (Å²) < 4.78 is 2.58. The Morgan fingerprint density at radius 1 is 1.00 bits per heavy atom. The average molecular weight is 485 g/mol. The van der Waals surface area contributed by atoms with E-state index in [-0.39, 0.29) is 5.78 Å². The molecule has 0 bridgehead atoms. The minimum atomic E-state index is -2.11. The van der Waals surface area contributed by atoms with Gasteiger partial charge in [-0.2, -0.15) is 0 Å². The first-order valence-corrected chi connectivity index (χ1v) is 16.3. The van der Waals surface area contributed by atoms with Crippen molar-refractivity contribution in [1.82, 2.24) is 0 Å². The molecule has 86 valence electrons. The quantitative estimate of drug-likeness (QED) is 0.483. The molecular weight excluding hydrogens is 473 g/mol. The molecule has 17 heavy (non-hydrogen) atoms. The molecule has 0 atom stereocenters. The van der Waals surface area contributed by atoms with Crippen LogP contribution in [0.5, 0.6) is 0 Å². The van der Waals surface area contributed by atoms with Crippen molar-refractivity contribution in [2.24, 2.45) is 0 Å². The second-order valence-corrected chi connectivity index (χ2v) is 16.0. The Morgan fingerprint density at radius 2 is 1.59 bits per heavy atom. The van der Waals surface area contributed by atoms with E-state index < -0.39 is 19.4 Å². The predicted octanol–water partition coefficient (Wildman–Crippen LogP) is 2.39. The van der Waals surface area contributed by atoms with Gasteiger partial charge in [-0.05, 0) is 0 Å². The first-order chi connectivity index (χ1) is 8.20. The first-order valence-electron chi connectivity index (χ1n) is 5.31. The molecule has 0 spiro atoms. The van der Waals surface area contributed by atoms with Crippen LogP contribution in [0.15, 0.2) is 54.6 Å². The van der Waals surface area contributed by atoms with E-state index in [9.17, 15) is 4.79 Å². The third-order valence-corrected chi connectivity index (χ3v) is 15.5. The average Bonchev–Trinajstić information content (AvgIpc) is 2.39. The van der Waals surface area contributed by atoms with Gasteiger partial charge in [0.15, 0.2) is 0 Å². The van der Waals surface area contributed by atoms with Crippen LogP contribution in [-0.2, 0) is 0 Å². The summed E-state index contributed by atoms with van der Waals surface area (Å²) in [6.45, 7) is 1.63. The van der Waals surface area contributed by atoms with Crippen LogP contribution in [0.25, 0.3) is 0 Å². The molecule has 0 N–H and O–H groups in total. The van der Waals surface area contributed by atoms with Gasteiger partial charge < -0.3 is 0 Å². The molecule has 0 aliphatic carbocycles. The SMILES string of the molecule is CC(=O)c1cccc[c]1[Bi]([Br])[c]1ccccc1. The zero-order chi connectivity index (χ0) is 12.3. The summed E-state index contributed by atoms with van der Waals surface area (Å²) in [5.41, 5.74) is 0.867. The Labute approximate surface area is 115 Å². The number of carbonyl (C=O) groups excluding carboxylic acids is 1. The van der Waals surface area contributed by atoms with Gasteiger partial charge in [-0.15, -0.1) is 0 Å². The molecule has 0 aliphatic heterocycles.